The molecule has 18 heavy (non-hydrogen) atoms. The lowest BCUT2D eigenvalue weighted by atomic mass is 10.1. The van der Waals surface area contributed by atoms with Crippen LogP contribution in [0.15, 0.2) is 58.2 Å². The lowest BCUT2D eigenvalue weighted by Crippen LogP contribution is -2.13. The number of pyridine rings is 1. The minimum atomic E-state index is -0.138. The van der Waals surface area contributed by atoms with Crippen LogP contribution < -0.4 is 0 Å². The Morgan fingerprint density at radius 2 is 1.94 bits per heavy atom. The smallest absolute Gasteiger partial charge is 0.175 e. The Labute approximate surface area is 119 Å². The second kappa shape index (κ2) is 6.16. The molecule has 1 aromatic heterocycles. The van der Waals surface area contributed by atoms with Crippen molar-refractivity contribution in [2.24, 2.45) is 0 Å². The first-order chi connectivity index (χ1) is 8.66. The zero-order valence-corrected chi connectivity index (χ0v) is 12.2. The van der Waals surface area contributed by atoms with Crippen LogP contribution in [0.4, 0.5) is 0 Å². The van der Waals surface area contributed by atoms with Crippen LogP contribution in [0.2, 0.25) is 0 Å². The van der Waals surface area contributed by atoms with E-state index in [-0.39, 0.29) is 11.0 Å². The van der Waals surface area contributed by atoms with Crippen molar-refractivity contribution in [2.75, 3.05) is 0 Å². The molecule has 4 heteroatoms. The molecule has 0 N–H and O–H groups in total. The zero-order chi connectivity index (χ0) is 13.0. The van der Waals surface area contributed by atoms with Gasteiger partial charge in [0.05, 0.1) is 10.3 Å². The average molecular weight is 322 g/mol. The predicted molar refractivity (Wildman–Crippen MR) is 78.0 cm³/mol. The average Bonchev–Trinajstić information content (AvgIpc) is 2.40. The van der Waals surface area contributed by atoms with Crippen molar-refractivity contribution in [3.8, 4) is 0 Å². The van der Waals surface area contributed by atoms with Gasteiger partial charge in [-0.3, -0.25) is 4.79 Å². The Bertz CT molecular complexity index is 527. The molecule has 0 fully saturated rings. The maximum Gasteiger partial charge on any atom is 0.175 e. The minimum absolute atomic E-state index is 0.123. The minimum Gasteiger partial charge on any atom is -0.293 e. The maximum atomic E-state index is 12.2. The van der Waals surface area contributed by atoms with Gasteiger partial charge in [-0.1, -0.05) is 45.9 Å². The molecule has 92 valence electrons. The Kier molecular flexibility index (Phi) is 4.55. The van der Waals surface area contributed by atoms with Crippen molar-refractivity contribution in [3.63, 3.8) is 0 Å². The van der Waals surface area contributed by atoms with Crippen molar-refractivity contribution in [3.05, 3.63) is 58.7 Å². The Morgan fingerprint density at radius 3 is 2.56 bits per heavy atom. The summed E-state index contributed by atoms with van der Waals surface area (Å²) < 4.78 is 0.976. The van der Waals surface area contributed by atoms with E-state index in [4.69, 9.17) is 0 Å². The Morgan fingerprint density at radius 1 is 1.22 bits per heavy atom. The van der Waals surface area contributed by atoms with Gasteiger partial charge in [-0.2, -0.15) is 0 Å². The summed E-state index contributed by atoms with van der Waals surface area (Å²) in [4.78, 5) is 16.4. The number of carbonyl (C=O) groups excluding carboxylic acids is 1. The molecule has 1 aromatic carbocycles. The van der Waals surface area contributed by atoms with Gasteiger partial charge in [-0.15, -0.1) is 0 Å². The van der Waals surface area contributed by atoms with Gasteiger partial charge in [0.1, 0.15) is 0 Å². The molecule has 0 amide bonds. The van der Waals surface area contributed by atoms with Crippen LogP contribution in [0.3, 0.4) is 0 Å². The fourth-order valence-electron chi connectivity index (χ4n) is 1.50. The van der Waals surface area contributed by atoms with Crippen LogP contribution in [0.25, 0.3) is 0 Å². The van der Waals surface area contributed by atoms with Crippen LogP contribution in [0.5, 0.6) is 0 Å². The topological polar surface area (TPSA) is 30.0 Å². The number of benzene rings is 1. The highest BCUT2D eigenvalue weighted by atomic mass is 79.9. The van der Waals surface area contributed by atoms with Crippen molar-refractivity contribution in [1.29, 1.82) is 0 Å². The molecule has 0 bridgehead atoms. The van der Waals surface area contributed by atoms with Crippen molar-refractivity contribution in [2.45, 2.75) is 17.2 Å². The summed E-state index contributed by atoms with van der Waals surface area (Å²) in [7, 11) is 0. The van der Waals surface area contributed by atoms with Crippen molar-refractivity contribution < 1.29 is 4.79 Å². The number of aromatic nitrogens is 1. The number of thioether (sulfide) groups is 1. The normalized spacial score (nSPS) is 12.1. The number of Topliss-reactive ketones (excluding diaryl/α,β-unsaturated/α-hetero) is 1. The van der Waals surface area contributed by atoms with Crippen molar-refractivity contribution >= 4 is 33.5 Å². The van der Waals surface area contributed by atoms with Crippen LogP contribution >= 0.6 is 27.7 Å². The van der Waals surface area contributed by atoms with Gasteiger partial charge >= 0.3 is 0 Å². The van der Waals surface area contributed by atoms with Gasteiger partial charge in [0.15, 0.2) is 5.78 Å². The number of carbonyl (C=O) groups is 1. The van der Waals surface area contributed by atoms with E-state index in [2.05, 4.69) is 20.9 Å². The number of hydrogen-bond donors (Lipinski definition) is 0. The van der Waals surface area contributed by atoms with Gasteiger partial charge in [-0.25, -0.2) is 4.98 Å². The predicted octanol–water partition coefficient (Wildman–Crippen LogP) is 4.21. The molecule has 1 heterocycles. The number of ketones is 1. The second-order valence-electron chi connectivity index (χ2n) is 3.80. The molecule has 0 saturated heterocycles. The quantitative estimate of drug-likeness (QED) is 0.624. The number of rotatable bonds is 4. The lowest BCUT2D eigenvalue weighted by molar-refractivity contribution is 0.0994. The Hall–Kier alpha value is -1.13. The summed E-state index contributed by atoms with van der Waals surface area (Å²) in [5.74, 6) is 0.123. The van der Waals surface area contributed by atoms with E-state index >= 15 is 0 Å². The highest BCUT2D eigenvalue weighted by molar-refractivity contribution is 9.10. The molecule has 0 saturated carbocycles. The number of hydrogen-bond acceptors (Lipinski definition) is 3. The molecule has 2 nitrogen and oxygen atoms in total. The first kappa shape index (κ1) is 13.3. The summed E-state index contributed by atoms with van der Waals surface area (Å²) >= 11 is 4.84. The van der Waals surface area contributed by atoms with E-state index in [0.29, 0.717) is 0 Å². The monoisotopic (exact) mass is 321 g/mol. The molecule has 2 aromatic rings. The van der Waals surface area contributed by atoms with Crippen molar-refractivity contribution in [1.82, 2.24) is 4.98 Å². The molecule has 2 rings (SSSR count). The molecule has 0 aliphatic carbocycles. The molecule has 0 spiro atoms. The van der Waals surface area contributed by atoms with Crippen LogP contribution in [-0.2, 0) is 0 Å². The molecule has 1 unspecified atom stereocenters. The lowest BCUT2D eigenvalue weighted by Gasteiger charge is -2.09. The zero-order valence-electron chi connectivity index (χ0n) is 9.84. The number of nitrogens with zero attached hydrogens (tertiary/aromatic N) is 1. The van der Waals surface area contributed by atoms with E-state index in [0.717, 1.165) is 15.1 Å². The van der Waals surface area contributed by atoms with Gasteiger partial charge in [0.25, 0.3) is 0 Å². The summed E-state index contributed by atoms with van der Waals surface area (Å²) in [6.45, 7) is 1.91. The third-order valence-corrected chi connectivity index (χ3v) is 4.01. The summed E-state index contributed by atoms with van der Waals surface area (Å²) in [5.41, 5.74) is 0.731. The van der Waals surface area contributed by atoms with E-state index in [9.17, 15) is 4.79 Å². The molecular formula is C14H12BrNOS. The van der Waals surface area contributed by atoms with E-state index < -0.39 is 0 Å². The molecule has 1 atom stereocenters. The van der Waals surface area contributed by atoms with Crippen LogP contribution in [-0.4, -0.2) is 16.0 Å². The number of halogens is 1. The summed E-state index contributed by atoms with van der Waals surface area (Å²) in [5, 5.41) is 0.733. The van der Waals surface area contributed by atoms with Crippen LogP contribution in [0.1, 0.15) is 17.3 Å². The van der Waals surface area contributed by atoms with Gasteiger partial charge in [0, 0.05) is 16.2 Å². The SMILES string of the molecule is CC(Sc1ccccn1)C(=O)c1ccc(Br)cc1. The fourth-order valence-corrected chi connectivity index (χ4v) is 2.65. The third kappa shape index (κ3) is 3.43. The first-order valence-electron chi connectivity index (χ1n) is 5.54. The van der Waals surface area contributed by atoms with E-state index in [1.807, 2.05) is 49.4 Å². The maximum absolute atomic E-state index is 12.2. The Balaban J connectivity index is 2.07. The first-order valence-corrected chi connectivity index (χ1v) is 7.21. The van der Waals surface area contributed by atoms with Gasteiger partial charge in [0.2, 0.25) is 0 Å². The molecular weight excluding hydrogens is 310 g/mol. The van der Waals surface area contributed by atoms with Gasteiger partial charge < -0.3 is 0 Å². The standard InChI is InChI=1S/C14H12BrNOS/c1-10(18-13-4-2-3-9-16-13)14(17)11-5-7-12(15)8-6-11/h2-10H,1H3. The van der Waals surface area contributed by atoms with Crippen LogP contribution in [0, 0.1) is 0 Å². The third-order valence-electron chi connectivity index (χ3n) is 2.43. The summed E-state index contributed by atoms with van der Waals surface area (Å²) in [6, 6.07) is 13.1. The highest BCUT2D eigenvalue weighted by Crippen LogP contribution is 2.24. The summed E-state index contributed by atoms with van der Waals surface area (Å²) in [6.07, 6.45) is 1.74. The molecule has 0 radical (unpaired) electrons. The molecule has 0 aliphatic heterocycles. The van der Waals surface area contributed by atoms with Gasteiger partial charge in [-0.05, 0) is 31.2 Å². The molecule has 0 aliphatic rings. The fraction of sp³-hybridized carbons (Fsp3) is 0.143. The largest absolute Gasteiger partial charge is 0.293 e. The second-order valence-corrected chi connectivity index (χ2v) is 6.08. The highest BCUT2D eigenvalue weighted by Gasteiger charge is 2.16. The van der Waals surface area contributed by atoms with E-state index in [1.54, 1.807) is 6.20 Å². The van der Waals surface area contributed by atoms with E-state index in [1.165, 1.54) is 11.8 Å².